The predicted octanol–water partition coefficient (Wildman–Crippen LogP) is 3.92. The summed E-state index contributed by atoms with van der Waals surface area (Å²) in [4.78, 5) is 5.50. The van der Waals surface area contributed by atoms with Gasteiger partial charge in [-0.05, 0) is 42.8 Å². The van der Waals surface area contributed by atoms with Gasteiger partial charge in [-0.3, -0.25) is 4.98 Å². The Balaban J connectivity index is 2.07. The van der Waals surface area contributed by atoms with Crippen molar-refractivity contribution in [2.24, 2.45) is 0 Å². The van der Waals surface area contributed by atoms with Crippen molar-refractivity contribution in [2.75, 3.05) is 5.73 Å². The molecule has 0 spiro atoms. The van der Waals surface area contributed by atoms with Gasteiger partial charge in [0.15, 0.2) is 0 Å². The molecule has 1 heterocycles. The quantitative estimate of drug-likeness (QED) is 0.675. The maximum atomic E-state index is 5.91. The summed E-state index contributed by atoms with van der Waals surface area (Å²) >= 11 is 7.65. The molecule has 0 amide bonds. The van der Waals surface area contributed by atoms with Gasteiger partial charge in [0, 0.05) is 27.6 Å². The number of hydrogen-bond acceptors (Lipinski definition) is 3. The Labute approximate surface area is 110 Å². The zero-order chi connectivity index (χ0) is 12.3. The van der Waals surface area contributed by atoms with Crippen LogP contribution in [0, 0.1) is 6.92 Å². The number of anilines is 1. The molecule has 0 saturated heterocycles. The van der Waals surface area contributed by atoms with Gasteiger partial charge < -0.3 is 5.73 Å². The van der Waals surface area contributed by atoms with Crippen molar-refractivity contribution in [1.29, 1.82) is 0 Å². The van der Waals surface area contributed by atoms with Crippen LogP contribution in [0.25, 0.3) is 0 Å². The van der Waals surface area contributed by atoms with Gasteiger partial charge in [-0.15, -0.1) is 11.8 Å². The van der Waals surface area contributed by atoms with Crippen molar-refractivity contribution in [1.82, 2.24) is 4.98 Å². The lowest BCUT2D eigenvalue weighted by molar-refractivity contribution is 1.17. The first-order valence-electron chi connectivity index (χ1n) is 5.24. The van der Waals surface area contributed by atoms with Crippen molar-refractivity contribution in [3.63, 3.8) is 0 Å². The zero-order valence-electron chi connectivity index (χ0n) is 9.48. The Morgan fingerprint density at radius 2 is 2.12 bits per heavy atom. The van der Waals surface area contributed by atoms with E-state index in [9.17, 15) is 0 Å². The third-order valence-corrected chi connectivity index (χ3v) is 3.80. The number of nitrogens with two attached hydrogens (primary N) is 1. The van der Waals surface area contributed by atoms with Crippen LogP contribution in [-0.4, -0.2) is 4.98 Å². The molecule has 0 radical (unpaired) electrons. The van der Waals surface area contributed by atoms with Gasteiger partial charge in [-0.2, -0.15) is 0 Å². The molecule has 0 unspecified atom stereocenters. The lowest BCUT2D eigenvalue weighted by Gasteiger charge is -2.06. The van der Waals surface area contributed by atoms with E-state index in [1.807, 2.05) is 24.3 Å². The van der Waals surface area contributed by atoms with Crippen LogP contribution >= 0.6 is 23.4 Å². The summed E-state index contributed by atoms with van der Waals surface area (Å²) in [7, 11) is 0. The van der Waals surface area contributed by atoms with Crippen LogP contribution in [0.3, 0.4) is 0 Å². The third kappa shape index (κ3) is 3.38. The largest absolute Gasteiger partial charge is 0.399 e. The molecule has 2 aromatic rings. The van der Waals surface area contributed by atoms with Crippen molar-refractivity contribution in [3.05, 3.63) is 52.8 Å². The molecule has 2 nitrogen and oxygen atoms in total. The number of aromatic nitrogens is 1. The minimum absolute atomic E-state index is 0.727. The summed E-state index contributed by atoms with van der Waals surface area (Å²) in [5.74, 6) is 0.811. The first kappa shape index (κ1) is 12.3. The summed E-state index contributed by atoms with van der Waals surface area (Å²) in [5.41, 5.74) is 8.69. The average Bonchev–Trinajstić information content (AvgIpc) is 2.28. The molecule has 1 aromatic carbocycles. The Hall–Kier alpha value is -1.19. The molecule has 0 saturated carbocycles. The van der Waals surface area contributed by atoms with Crippen molar-refractivity contribution in [2.45, 2.75) is 17.6 Å². The van der Waals surface area contributed by atoms with E-state index in [1.54, 1.807) is 24.0 Å². The van der Waals surface area contributed by atoms with E-state index in [2.05, 4.69) is 11.9 Å². The molecule has 0 bridgehead atoms. The number of aryl methyl sites for hydroxylation is 1. The second-order valence-electron chi connectivity index (χ2n) is 3.78. The highest BCUT2D eigenvalue weighted by Gasteiger charge is 2.02. The van der Waals surface area contributed by atoms with Gasteiger partial charge in [-0.1, -0.05) is 11.6 Å². The fourth-order valence-electron chi connectivity index (χ4n) is 1.51. The highest BCUT2D eigenvalue weighted by molar-refractivity contribution is 7.98. The lowest BCUT2D eigenvalue weighted by atomic mass is 10.2. The van der Waals surface area contributed by atoms with E-state index in [-0.39, 0.29) is 0 Å². The third-order valence-electron chi connectivity index (χ3n) is 2.35. The number of nitrogen functional groups attached to an aromatic ring is 1. The Morgan fingerprint density at radius 1 is 1.29 bits per heavy atom. The number of hydrogen-bond donors (Lipinski definition) is 1. The van der Waals surface area contributed by atoms with Crippen LogP contribution in [0.2, 0.25) is 5.02 Å². The Kier molecular flexibility index (Phi) is 3.92. The first-order valence-corrected chi connectivity index (χ1v) is 6.61. The fraction of sp³-hybridized carbons (Fsp3) is 0.154. The molecule has 0 atom stereocenters. The number of halogens is 1. The van der Waals surface area contributed by atoms with E-state index < -0.39 is 0 Å². The Morgan fingerprint density at radius 3 is 2.82 bits per heavy atom. The smallest absolute Gasteiger partial charge is 0.0521 e. The molecular formula is C13H13ClN2S. The summed E-state index contributed by atoms with van der Waals surface area (Å²) < 4.78 is 0. The first-order chi connectivity index (χ1) is 8.15. The van der Waals surface area contributed by atoms with Gasteiger partial charge >= 0.3 is 0 Å². The van der Waals surface area contributed by atoms with Gasteiger partial charge in [0.2, 0.25) is 0 Å². The normalized spacial score (nSPS) is 10.5. The van der Waals surface area contributed by atoms with Crippen LogP contribution in [0.4, 0.5) is 5.69 Å². The molecule has 0 aliphatic rings. The van der Waals surface area contributed by atoms with E-state index in [0.717, 1.165) is 22.2 Å². The van der Waals surface area contributed by atoms with Gasteiger partial charge in [0.05, 0.1) is 5.69 Å². The highest BCUT2D eigenvalue weighted by atomic mass is 35.5. The molecule has 2 N–H and O–H groups in total. The number of rotatable bonds is 3. The Bertz CT molecular complexity index is 529. The number of nitrogens with zero attached hydrogens (tertiary/aromatic N) is 1. The van der Waals surface area contributed by atoms with Crippen LogP contribution in [-0.2, 0) is 5.75 Å². The van der Waals surface area contributed by atoms with E-state index in [1.165, 1.54) is 10.5 Å². The molecule has 0 aliphatic heterocycles. The number of pyridine rings is 1. The van der Waals surface area contributed by atoms with Crippen LogP contribution < -0.4 is 5.73 Å². The maximum absolute atomic E-state index is 5.91. The summed E-state index contributed by atoms with van der Waals surface area (Å²) in [6, 6.07) is 9.61. The second-order valence-corrected chi connectivity index (χ2v) is 5.23. The van der Waals surface area contributed by atoms with Crippen molar-refractivity contribution < 1.29 is 0 Å². The number of thioether (sulfide) groups is 1. The summed E-state index contributed by atoms with van der Waals surface area (Å²) in [5, 5.41) is 0.727. The molecule has 0 aliphatic carbocycles. The molecular weight excluding hydrogens is 252 g/mol. The lowest BCUT2D eigenvalue weighted by Crippen LogP contribution is -1.89. The standard InChI is InChI=1S/C13H13ClN2S/c1-9-6-11(15)2-3-13(9)17-8-12-7-10(14)4-5-16-12/h2-7H,8,15H2,1H3. The second kappa shape index (κ2) is 5.43. The van der Waals surface area contributed by atoms with Gasteiger partial charge in [0.1, 0.15) is 0 Å². The summed E-state index contributed by atoms with van der Waals surface area (Å²) in [6.07, 6.45) is 1.73. The molecule has 88 valence electrons. The molecule has 4 heteroatoms. The monoisotopic (exact) mass is 264 g/mol. The van der Waals surface area contributed by atoms with E-state index in [0.29, 0.717) is 0 Å². The minimum atomic E-state index is 0.727. The average molecular weight is 265 g/mol. The van der Waals surface area contributed by atoms with Crippen molar-refractivity contribution in [3.8, 4) is 0 Å². The fourth-order valence-corrected chi connectivity index (χ4v) is 2.61. The molecule has 1 aromatic heterocycles. The topological polar surface area (TPSA) is 38.9 Å². The van der Waals surface area contributed by atoms with Crippen molar-refractivity contribution >= 4 is 29.1 Å². The zero-order valence-corrected chi connectivity index (χ0v) is 11.1. The highest BCUT2D eigenvalue weighted by Crippen LogP contribution is 2.27. The molecule has 2 rings (SSSR count). The van der Waals surface area contributed by atoms with Crippen LogP contribution in [0.1, 0.15) is 11.3 Å². The van der Waals surface area contributed by atoms with Gasteiger partial charge in [-0.25, -0.2) is 0 Å². The molecule has 0 fully saturated rings. The van der Waals surface area contributed by atoms with Gasteiger partial charge in [0.25, 0.3) is 0 Å². The number of benzene rings is 1. The van der Waals surface area contributed by atoms with Crippen LogP contribution in [0.5, 0.6) is 0 Å². The minimum Gasteiger partial charge on any atom is -0.399 e. The van der Waals surface area contributed by atoms with Crippen LogP contribution in [0.15, 0.2) is 41.4 Å². The van der Waals surface area contributed by atoms with E-state index >= 15 is 0 Å². The van der Waals surface area contributed by atoms with E-state index in [4.69, 9.17) is 17.3 Å². The summed E-state index contributed by atoms with van der Waals surface area (Å²) in [6.45, 7) is 2.06. The molecule has 17 heavy (non-hydrogen) atoms. The maximum Gasteiger partial charge on any atom is 0.0521 e. The predicted molar refractivity (Wildman–Crippen MR) is 74.4 cm³/mol. The SMILES string of the molecule is Cc1cc(N)ccc1SCc1cc(Cl)ccn1.